The van der Waals surface area contributed by atoms with E-state index < -0.39 is 18.8 Å². The summed E-state index contributed by atoms with van der Waals surface area (Å²) in [5.41, 5.74) is 10.1. The molecule has 4 aromatic rings. The maximum atomic E-state index is 13.5. The molecule has 12 heteroatoms. The Balaban J connectivity index is 1.60. The van der Waals surface area contributed by atoms with Gasteiger partial charge in [-0.2, -0.15) is 5.10 Å². The molecule has 4 aromatic heterocycles. The highest BCUT2D eigenvalue weighted by molar-refractivity contribution is 5.98. The summed E-state index contributed by atoms with van der Waals surface area (Å²) >= 11 is 0. The Labute approximate surface area is 193 Å². The zero-order chi connectivity index (χ0) is 24.0. The summed E-state index contributed by atoms with van der Waals surface area (Å²) in [6, 6.07) is 0. The number of carbonyl (C=O) groups is 1. The number of alkyl halides is 2. The van der Waals surface area contributed by atoms with Gasteiger partial charge in [0.1, 0.15) is 18.4 Å². The maximum Gasteiger partial charge on any atom is 0.271 e. The number of imidazole rings is 1. The molecule has 0 saturated heterocycles. The molecule has 0 bridgehead atoms. The lowest BCUT2D eigenvalue weighted by atomic mass is 10.1. The first-order chi connectivity index (χ1) is 16.4. The monoisotopic (exact) mass is 467 g/mol. The van der Waals surface area contributed by atoms with Crippen molar-refractivity contribution in [2.75, 3.05) is 12.0 Å². The largest absolute Gasteiger partial charge is 0.364 e. The Bertz CT molecular complexity index is 1390. The lowest BCUT2D eigenvalue weighted by Gasteiger charge is -2.14. The molecule has 1 fully saturated rings. The summed E-state index contributed by atoms with van der Waals surface area (Å²) < 4.78 is 29.2. The van der Waals surface area contributed by atoms with E-state index in [0.29, 0.717) is 28.2 Å². The number of nitrogens with one attached hydrogen (secondary N) is 1. The zero-order valence-corrected chi connectivity index (χ0v) is 18.7. The van der Waals surface area contributed by atoms with Gasteiger partial charge in [-0.15, -0.1) is 0 Å². The number of carbonyl (C=O) groups excluding carboxylic acids is 1. The number of nitrogens with two attached hydrogens (primary N) is 1. The number of hydrogen-bond acceptors (Lipinski definition) is 7. The predicted molar refractivity (Wildman–Crippen MR) is 121 cm³/mol. The molecule has 176 valence electrons. The summed E-state index contributed by atoms with van der Waals surface area (Å²) in [5.74, 6) is -0.389. The van der Waals surface area contributed by atoms with Crippen LogP contribution in [0.3, 0.4) is 0 Å². The minimum absolute atomic E-state index is 0.0494. The van der Waals surface area contributed by atoms with Gasteiger partial charge >= 0.3 is 0 Å². The lowest BCUT2D eigenvalue weighted by molar-refractivity contribution is 0.0996. The van der Waals surface area contributed by atoms with Gasteiger partial charge in [-0.05, 0) is 19.8 Å². The second-order valence-electron chi connectivity index (χ2n) is 8.43. The number of aromatic nitrogens is 7. The van der Waals surface area contributed by atoms with E-state index in [2.05, 4.69) is 25.4 Å². The number of amides is 1. The predicted octanol–water partition coefficient (Wildman–Crippen LogP) is 2.96. The second kappa shape index (κ2) is 8.43. The number of hydrogen-bond donors (Lipinski definition) is 2. The fourth-order valence-electron chi connectivity index (χ4n) is 3.88. The van der Waals surface area contributed by atoms with Gasteiger partial charge in [-0.3, -0.25) is 14.5 Å². The van der Waals surface area contributed by atoms with Crippen molar-refractivity contribution < 1.29 is 13.6 Å². The molecule has 0 spiro atoms. The van der Waals surface area contributed by atoms with E-state index in [4.69, 9.17) is 10.7 Å². The van der Waals surface area contributed by atoms with Crippen LogP contribution < -0.4 is 11.1 Å². The van der Waals surface area contributed by atoms with Gasteiger partial charge in [0.15, 0.2) is 11.5 Å². The minimum Gasteiger partial charge on any atom is -0.364 e. The molecule has 0 aliphatic heterocycles. The molecule has 1 amide bonds. The maximum absolute atomic E-state index is 13.5. The normalized spacial score (nSPS) is 14.5. The first-order valence-electron chi connectivity index (χ1n) is 10.8. The molecule has 0 aromatic carbocycles. The fourth-order valence-corrected chi connectivity index (χ4v) is 3.88. The van der Waals surface area contributed by atoms with E-state index in [1.54, 1.807) is 25.6 Å². The molecule has 1 aliphatic rings. The van der Waals surface area contributed by atoms with Crippen LogP contribution in [0.2, 0.25) is 0 Å². The number of anilines is 2. The molecule has 5 rings (SSSR count). The van der Waals surface area contributed by atoms with Crippen LogP contribution in [-0.4, -0.2) is 53.0 Å². The molecule has 10 nitrogen and oxygen atoms in total. The fraction of sp³-hybridized carbons (Fsp3) is 0.364. The molecule has 0 unspecified atom stereocenters. The van der Waals surface area contributed by atoms with Crippen LogP contribution in [0, 0.1) is 6.92 Å². The third-order valence-corrected chi connectivity index (χ3v) is 5.77. The van der Waals surface area contributed by atoms with E-state index in [-0.39, 0.29) is 24.0 Å². The van der Waals surface area contributed by atoms with Gasteiger partial charge in [-0.25, -0.2) is 23.7 Å². The van der Waals surface area contributed by atoms with E-state index in [0.717, 1.165) is 24.1 Å². The summed E-state index contributed by atoms with van der Waals surface area (Å²) in [6.07, 6.45) is 6.84. The Kier molecular flexibility index (Phi) is 5.42. The third kappa shape index (κ3) is 3.95. The van der Waals surface area contributed by atoms with Gasteiger partial charge in [0, 0.05) is 30.9 Å². The molecular weight excluding hydrogens is 444 g/mol. The van der Waals surface area contributed by atoms with E-state index in [1.807, 2.05) is 11.6 Å². The van der Waals surface area contributed by atoms with E-state index in [1.165, 1.54) is 10.9 Å². The first-order valence-corrected chi connectivity index (χ1v) is 10.8. The number of aryl methyl sites for hydroxylation is 2. The molecule has 34 heavy (non-hydrogen) atoms. The first kappa shape index (κ1) is 21.9. The summed E-state index contributed by atoms with van der Waals surface area (Å²) in [4.78, 5) is 30.6. The van der Waals surface area contributed by atoms with Gasteiger partial charge in [0.05, 0.1) is 47.4 Å². The van der Waals surface area contributed by atoms with Crippen LogP contribution in [0.15, 0.2) is 24.9 Å². The number of fused-ring (bicyclic) bond motifs is 1. The Morgan fingerprint density at radius 1 is 1.32 bits per heavy atom. The lowest BCUT2D eigenvalue weighted by Crippen LogP contribution is -2.18. The molecule has 3 N–H and O–H groups in total. The van der Waals surface area contributed by atoms with E-state index >= 15 is 0 Å². The molecule has 1 aliphatic carbocycles. The van der Waals surface area contributed by atoms with Gasteiger partial charge < -0.3 is 15.6 Å². The van der Waals surface area contributed by atoms with Crippen molar-refractivity contribution in [3.63, 3.8) is 0 Å². The average Bonchev–Trinajstić information content (AvgIpc) is 3.52. The number of rotatable bonds is 8. The zero-order valence-electron chi connectivity index (χ0n) is 18.7. The van der Waals surface area contributed by atoms with Crippen LogP contribution in [-0.2, 0) is 13.6 Å². The average molecular weight is 467 g/mol. The highest BCUT2D eigenvalue weighted by atomic mass is 19.2. The van der Waals surface area contributed by atoms with Crippen LogP contribution in [0.1, 0.15) is 40.6 Å². The summed E-state index contributed by atoms with van der Waals surface area (Å²) in [7, 11) is 1.87. The number of primary amides is 1. The van der Waals surface area contributed by atoms with Crippen LogP contribution in [0.25, 0.3) is 22.3 Å². The number of pyridine rings is 1. The smallest absolute Gasteiger partial charge is 0.271 e. The third-order valence-electron chi connectivity index (χ3n) is 5.77. The SMILES string of the molecule is Cc1nn(C[C@H](F)CF)cc1Nc1nc(C2CC2)c(-c2cncc3c2ncn3C)nc1C(N)=O. The number of halogens is 2. The van der Waals surface area contributed by atoms with Crippen LogP contribution >= 0.6 is 0 Å². The van der Waals surface area contributed by atoms with Crippen molar-refractivity contribution in [3.8, 4) is 11.3 Å². The molecular formula is C22H23F2N9O. The Morgan fingerprint density at radius 3 is 2.82 bits per heavy atom. The molecule has 1 atom stereocenters. The summed E-state index contributed by atoms with van der Waals surface area (Å²) in [6.45, 7) is 0.395. The Morgan fingerprint density at radius 2 is 2.12 bits per heavy atom. The minimum atomic E-state index is -1.66. The van der Waals surface area contributed by atoms with Crippen molar-refractivity contribution in [2.45, 2.75) is 38.4 Å². The number of nitrogens with zero attached hydrogens (tertiary/aromatic N) is 7. The van der Waals surface area contributed by atoms with Crippen LogP contribution in [0.4, 0.5) is 20.3 Å². The Hall–Kier alpha value is -3.96. The van der Waals surface area contributed by atoms with Gasteiger partial charge in [0.2, 0.25) is 0 Å². The molecule has 1 saturated carbocycles. The van der Waals surface area contributed by atoms with Crippen LogP contribution in [0.5, 0.6) is 0 Å². The standard InChI is InChI=1S/C22H23F2N9O/c1-11-15(9-33(31-11)8-13(24)5-23)28-22-20(21(25)34)29-19(17(30-22)12-3-4-12)14-6-26-7-16-18(14)27-10-32(16)2/h6-7,9-10,12-13H,3-5,8H2,1-2H3,(H2,25,34)(H,28,30)/t13-/m1/s1. The van der Waals surface area contributed by atoms with Gasteiger partial charge in [-0.1, -0.05) is 0 Å². The molecule has 0 radical (unpaired) electrons. The molecule has 4 heterocycles. The highest BCUT2D eigenvalue weighted by Gasteiger charge is 2.32. The topological polar surface area (TPSA) is 129 Å². The van der Waals surface area contributed by atoms with Crippen molar-refractivity contribution >= 4 is 28.4 Å². The van der Waals surface area contributed by atoms with Gasteiger partial charge in [0.25, 0.3) is 5.91 Å². The van der Waals surface area contributed by atoms with Crippen molar-refractivity contribution in [3.05, 3.63) is 42.0 Å². The second-order valence-corrected chi connectivity index (χ2v) is 8.43. The highest BCUT2D eigenvalue weighted by Crippen LogP contribution is 2.44. The van der Waals surface area contributed by atoms with Crippen molar-refractivity contribution in [1.82, 2.24) is 34.3 Å². The van der Waals surface area contributed by atoms with Crippen molar-refractivity contribution in [2.24, 2.45) is 12.8 Å². The van der Waals surface area contributed by atoms with E-state index in [9.17, 15) is 13.6 Å². The van der Waals surface area contributed by atoms with Crippen molar-refractivity contribution in [1.29, 1.82) is 0 Å². The quantitative estimate of drug-likeness (QED) is 0.407. The summed E-state index contributed by atoms with van der Waals surface area (Å²) in [5, 5.41) is 7.27.